The van der Waals surface area contributed by atoms with Crippen molar-refractivity contribution < 1.29 is 12.3 Å². The molecule has 0 fully saturated rings. The van der Waals surface area contributed by atoms with Gasteiger partial charge < -0.3 is 12.3 Å². The van der Waals surface area contributed by atoms with E-state index in [0.717, 1.165) is 12.5 Å². The second-order valence-electron chi connectivity index (χ2n) is 2.73. The van der Waals surface area contributed by atoms with Crippen LogP contribution in [0.3, 0.4) is 0 Å². The van der Waals surface area contributed by atoms with Gasteiger partial charge in [-0.2, -0.15) is 0 Å². The lowest BCUT2D eigenvalue weighted by Gasteiger charge is -2.29. The van der Waals surface area contributed by atoms with E-state index < -0.39 is 38.1 Å². The average molecular weight is 255 g/mol. The Balaban J connectivity index is 4.19. The Bertz CT molecular complexity index is 94.9. The monoisotopic (exact) mass is 254 g/mol. The van der Waals surface area contributed by atoms with Gasteiger partial charge in [-0.1, -0.05) is 33.0 Å². The van der Waals surface area contributed by atoms with Crippen LogP contribution in [-0.2, 0) is 12.3 Å². The summed E-state index contributed by atoms with van der Waals surface area (Å²) in [5.41, 5.74) is 0. The Morgan fingerprint density at radius 3 is 1.54 bits per heavy atom. The van der Waals surface area contributed by atoms with Crippen LogP contribution in [0.1, 0.15) is 13.3 Å². The normalized spacial score (nSPS) is 18.5. The van der Waals surface area contributed by atoms with E-state index in [-0.39, 0.29) is 0 Å². The molecule has 0 unspecified atom stereocenters. The van der Waals surface area contributed by atoms with Gasteiger partial charge in [0.1, 0.15) is 29.3 Å². The standard InChI is InChI=1S/C6H22O3Si4/c1-5-6-13(7-10-2,8-11-3)9-12-4/h5-6,10-12H2,1-4H3. The predicted octanol–water partition coefficient (Wildman–Crippen LogP) is -0.219. The minimum atomic E-state index is -2.11. The summed E-state index contributed by atoms with van der Waals surface area (Å²) >= 11 is 0. The Morgan fingerprint density at radius 2 is 1.31 bits per heavy atom. The van der Waals surface area contributed by atoms with Crippen molar-refractivity contribution in [1.82, 2.24) is 0 Å². The maximum Gasteiger partial charge on any atom is 0.468 e. The lowest BCUT2D eigenvalue weighted by molar-refractivity contribution is 0.281. The van der Waals surface area contributed by atoms with Gasteiger partial charge in [-0.25, -0.2) is 0 Å². The van der Waals surface area contributed by atoms with Crippen LogP contribution in [0, 0.1) is 0 Å². The quantitative estimate of drug-likeness (QED) is 0.561. The molecule has 0 aromatic carbocycles. The van der Waals surface area contributed by atoms with E-state index in [1.807, 2.05) is 0 Å². The van der Waals surface area contributed by atoms with E-state index in [1.165, 1.54) is 0 Å². The van der Waals surface area contributed by atoms with Crippen molar-refractivity contribution >= 4 is 38.1 Å². The summed E-state index contributed by atoms with van der Waals surface area (Å²) in [5.74, 6) is 0. The summed E-state index contributed by atoms with van der Waals surface area (Å²) in [5, 5.41) is 0. The highest BCUT2D eigenvalue weighted by Crippen LogP contribution is 2.16. The molecule has 7 heteroatoms. The molecule has 0 heterocycles. The average Bonchev–Trinajstić information content (AvgIpc) is 2.06. The lowest BCUT2D eigenvalue weighted by atomic mass is 10.6. The third-order valence-corrected chi connectivity index (χ3v) is 11.5. The molecule has 0 saturated carbocycles. The zero-order valence-electron chi connectivity index (χ0n) is 9.26. The zero-order valence-corrected chi connectivity index (χ0v) is 14.5. The molecule has 0 aromatic heterocycles. The van der Waals surface area contributed by atoms with Gasteiger partial charge in [-0.05, 0) is 0 Å². The first kappa shape index (κ1) is 13.7. The van der Waals surface area contributed by atoms with Crippen molar-refractivity contribution in [2.24, 2.45) is 0 Å². The summed E-state index contributed by atoms with van der Waals surface area (Å²) in [6.07, 6.45) is 1.11. The Hall–Kier alpha value is 0.748. The molecule has 0 saturated heterocycles. The van der Waals surface area contributed by atoms with Gasteiger partial charge in [0.25, 0.3) is 0 Å². The van der Waals surface area contributed by atoms with Crippen LogP contribution in [0.4, 0.5) is 0 Å². The first-order valence-electron chi connectivity index (χ1n) is 5.16. The minimum Gasteiger partial charge on any atom is -0.423 e. The van der Waals surface area contributed by atoms with Gasteiger partial charge in [-0.3, -0.25) is 0 Å². The van der Waals surface area contributed by atoms with E-state index in [0.29, 0.717) is 0 Å². The molecule has 0 bridgehead atoms. The molecule has 0 atom stereocenters. The maximum atomic E-state index is 5.85. The molecule has 0 aliphatic carbocycles. The summed E-state index contributed by atoms with van der Waals surface area (Å²) in [4.78, 5) is 0. The summed E-state index contributed by atoms with van der Waals surface area (Å²) < 4.78 is 17.6. The fourth-order valence-electron chi connectivity index (χ4n) is 1.31. The summed E-state index contributed by atoms with van der Waals surface area (Å²) in [6.45, 7) is 8.62. The van der Waals surface area contributed by atoms with Crippen LogP contribution in [0.25, 0.3) is 0 Å². The second-order valence-corrected chi connectivity index (χ2v) is 9.79. The molecular formula is C6H22O3Si4. The Labute approximate surface area is 89.7 Å². The van der Waals surface area contributed by atoms with Crippen LogP contribution >= 0.6 is 0 Å². The Morgan fingerprint density at radius 1 is 0.923 bits per heavy atom. The van der Waals surface area contributed by atoms with Crippen molar-refractivity contribution in [3.05, 3.63) is 0 Å². The van der Waals surface area contributed by atoms with Crippen molar-refractivity contribution in [3.63, 3.8) is 0 Å². The van der Waals surface area contributed by atoms with Crippen LogP contribution in [-0.4, -0.2) is 38.1 Å². The highest BCUT2D eigenvalue weighted by molar-refractivity contribution is 6.73. The fraction of sp³-hybridized carbons (Fsp3) is 1.00. The SMILES string of the molecule is CCC[Si](O[SiH2]C)(O[SiH2]C)O[SiH2]C. The number of hydrogen-bond donors (Lipinski definition) is 0. The topological polar surface area (TPSA) is 27.7 Å². The minimum absolute atomic E-state index is 0.395. The van der Waals surface area contributed by atoms with Crippen molar-refractivity contribution in [1.29, 1.82) is 0 Å². The second kappa shape index (κ2) is 8.09. The highest BCUT2D eigenvalue weighted by atomic mass is 28.5. The molecule has 0 aliphatic heterocycles. The summed E-state index contributed by atoms with van der Waals surface area (Å²) in [7, 11) is -3.30. The van der Waals surface area contributed by atoms with Gasteiger partial charge in [0.15, 0.2) is 0 Å². The molecule has 0 radical (unpaired) electrons. The molecule has 13 heavy (non-hydrogen) atoms. The van der Waals surface area contributed by atoms with E-state index in [9.17, 15) is 0 Å². The molecule has 0 N–H and O–H groups in total. The molecular weight excluding hydrogens is 232 g/mol. The Kier molecular flexibility index (Phi) is 8.55. The van der Waals surface area contributed by atoms with Crippen molar-refractivity contribution in [2.45, 2.75) is 39.0 Å². The third kappa shape index (κ3) is 5.25. The first-order chi connectivity index (χ1) is 6.24. The van der Waals surface area contributed by atoms with E-state index in [4.69, 9.17) is 12.3 Å². The number of hydrogen-bond acceptors (Lipinski definition) is 3. The van der Waals surface area contributed by atoms with E-state index in [2.05, 4.69) is 26.6 Å². The van der Waals surface area contributed by atoms with Gasteiger partial charge in [0.05, 0.1) is 0 Å². The van der Waals surface area contributed by atoms with Crippen LogP contribution in [0.2, 0.25) is 25.7 Å². The van der Waals surface area contributed by atoms with Gasteiger partial charge in [-0.15, -0.1) is 0 Å². The molecule has 0 aliphatic rings. The van der Waals surface area contributed by atoms with Crippen LogP contribution < -0.4 is 0 Å². The highest BCUT2D eigenvalue weighted by Gasteiger charge is 2.36. The molecule has 0 rings (SSSR count). The molecule has 3 nitrogen and oxygen atoms in total. The molecule has 0 aromatic rings. The van der Waals surface area contributed by atoms with E-state index in [1.54, 1.807) is 0 Å². The third-order valence-electron chi connectivity index (χ3n) is 1.65. The maximum absolute atomic E-state index is 5.85. The van der Waals surface area contributed by atoms with Crippen LogP contribution in [0.15, 0.2) is 0 Å². The largest absolute Gasteiger partial charge is 0.468 e. The van der Waals surface area contributed by atoms with Gasteiger partial charge >= 0.3 is 8.80 Å². The zero-order chi connectivity index (χ0) is 10.2. The molecule has 0 amide bonds. The molecule has 0 spiro atoms. The van der Waals surface area contributed by atoms with Gasteiger partial charge in [0, 0.05) is 6.04 Å². The van der Waals surface area contributed by atoms with Crippen molar-refractivity contribution in [2.75, 3.05) is 0 Å². The molecule has 80 valence electrons. The fourth-order valence-corrected chi connectivity index (χ4v) is 12.2. The van der Waals surface area contributed by atoms with Gasteiger partial charge in [0.2, 0.25) is 0 Å². The first-order valence-corrected chi connectivity index (χ1v) is 13.1. The predicted molar refractivity (Wildman–Crippen MR) is 67.3 cm³/mol. The lowest BCUT2D eigenvalue weighted by Crippen LogP contribution is -2.47. The van der Waals surface area contributed by atoms with Crippen LogP contribution in [0.5, 0.6) is 0 Å². The smallest absolute Gasteiger partial charge is 0.423 e. The number of rotatable bonds is 8. The summed E-state index contributed by atoms with van der Waals surface area (Å²) in [6, 6.07) is 1.02. The van der Waals surface area contributed by atoms with E-state index >= 15 is 0 Å². The van der Waals surface area contributed by atoms with Crippen molar-refractivity contribution in [3.8, 4) is 0 Å².